The van der Waals surface area contributed by atoms with E-state index in [0.717, 1.165) is 11.1 Å². The van der Waals surface area contributed by atoms with Gasteiger partial charge >= 0.3 is 6.61 Å². The molecule has 0 spiro atoms. The quantitative estimate of drug-likeness (QED) is 0.768. The number of hydrogen-bond acceptors (Lipinski definition) is 2. The highest BCUT2D eigenvalue weighted by atomic mass is 19.3. The predicted molar refractivity (Wildman–Crippen MR) is 47.0 cm³/mol. The number of alkyl halides is 2. The maximum Gasteiger partial charge on any atom is 0.405 e. The smallest absolute Gasteiger partial charge is 0.342 e. The van der Waals surface area contributed by atoms with Crippen molar-refractivity contribution in [3.05, 3.63) is 29.8 Å². The zero-order valence-electron chi connectivity index (χ0n) is 7.75. The van der Waals surface area contributed by atoms with E-state index in [1.54, 1.807) is 6.92 Å². The molecule has 1 aromatic carbocycles. The molecule has 0 atom stereocenters. The molecule has 1 aromatic heterocycles. The van der Waals surface area contributed by atoms with Gasteiger partial charge in [-0.3, -0.25) is 0 Å². The van der Waals surface area contributed by atoms with E-state index in [-0.39, 0.29) is 11.0 Å². The van der Waals surface area contributed by atoms with E-state index in [0.29, 0.717) is 5.56 Å². The Morgan fingerprint density at radius 3 is 2.80 bits per heavy atom. The molecule has 0 aliphatic rings. The van der Waals surface area contributed by atoms with Crippen LogP contribution >= 0.6 is 0 Å². The highest BCUT2D eigenvalue weighted by Crippen LogP contribution is 2.18. The summed E-state index contributed by atoms with van der Waals surface area (Å²) in [6.45, 7) is -1.39. The Labute approximate surface area is 83.0 Å². The van der Waals surface area contributed by atoms with Crippen LogP contribution in [0.3, 0.4) is 0 Å². The molecule has 2 aromatic rings. The van der Waals surface area contributed by atoms with Crippen LogP contribution in [0.5, 0.6) is 0 Å². The summed E-state index contributed by atoms with van der Waals surface area (Å²) in [6, 6.07) is 2.95. The molecule has 0 bridgehead atoms. The molecule has 15 heavy (non-hydrogen) atoms. The first kappa shape index (κ1) is 9.82. The van der Waals surface area contributed by atoms with Crippen molar-refractivity contribution in [2.75, 3.05) is 0 Å². The van der Waals surface area contributed by atoms with Gasteiger partial charge in [0.15, 0.2) is 5.82 Å². The molecule has 0 saturated carbocycles. The van der Waals surface area contributed by atoms with Crippen molar-refractivity contribution in [3.63, 3.8) is 0 Å². The third-order valence-electron chi connectivity index (χ3n) is 2.01. The molecule has 0 radical (unpaired) electrons. The van der Waals surface area contributed by atoms with Crippen LogP contribution in [0.15, 0.2) is 18.5 Å². The van der Waals surface area contributed by atoms with Crippen LogP contribution in [-0.2, 0) is 0 Å². The Hall–Kier alpha value is -1.72. The zero-order chi connectivity index (χ0) is 11.0. The zero-order valence-corrected chi connectivity index (χ0v) is 7.75. The summed E-state index contributed by atoms with van der Waals surface area (Å²) in [7, 11) is 0. The monoisotopic (exact) mass is 216 g/mol. The number of fused-ring (bicyclic) bond motifs is 1. The first-order valence-corrected chi connectivity index (χ1v) is 4.17. The molecular weight excluding hydrogens is 209 g/mol. The van der Waals surface area contributed by atoms with Gasteiger partial charge in [-0.2, -0.15) is 13.5 Å². The van der Waals surface area contributed by atoms with E-state index < -0.39 is 12.4 Å². The number of nitrogens with zero attached hydrogens (tertiary/aromatic N) is 2. The minimum absolute atomic E-state index is 0.0237. The van der Waals surface area contributed by atoms with Crippen molar-refractivity contribution in [1.29, 1.82) is 0 Å². The molecule has 0 amide bonds. The second kappa shape index (κ2) is 3.45. The van der Waals surface area contributed by atoms with Crippen LogP contribution in [0.2, 0.25) is 0 Å². The number of benzene rings is 1. The third kappa shape index (κ3) is 1.62. The second-order valence-corrected chi connectivity index (χ2v) is 3.00. The standard InChI is InChI=1S/C9H7F3N2O/c1-5-2-3-6-8(7(5)10)13-4-14(6)15-9(11)12/h2-4,9H,1H3. The van der Waals surface area contributed by atoms with E-state index in [4.69, 9.17) is 0 Å². The first-order valence-electron chi connectivity index (χ1n) is 4.17. The molecule has 2 rings (SSSR count). The normalized spacial score (nSPS) is 11.3. The third-order valence-corrected chi connectivity index (χ3v) is 2.01. The van der Waals surface area contributed by atoms with E-state index >= 15 is 0 Å². The summed E-state index contributed by atoms with van der Waals surface area (Å²) in [4.78, 5) is 7.78. The fraction of sp³-hybridized carbons (Fsp3) is 0.222. The molecule has 0 saturated heterocycles. The first-order chi connectivity index (χ1) is 7.09. The average Bonchev–Trinajstić information content (AvgIpc) is 2.55. The van der Waals surface area contributed by atoms with Crippen LogP contribution in [0.25, 0.3) is 11.0 Å². The number of aromatic nitrogens is 2. The fourth-order valence-electron chi connectivity index (χ4n) is 1.30. The molecule has 0 aliphatic carbocycles. The summed E-state index contributed by atoms with van der Waals surface area (Å²) >= 11 is 0. The number of hydrogen-bond donors (Lipinski definition) is 0. The topological polar surface area (TPSA) is 27.1 Å². The van der Waals surface area contributed by atoms with Gasteiger partial charge in [-0.1, -0.05) is 6.07 Å². The summed E-state index contributed by atoms with van der Waals surface area (Å²) in [5.74, 6) is -0.524. The fourth-order valence-corrected chi connectivity index (χ4v) is 1.30. The van der Waals surface area contributed by atoms with Gasteiger partial charge in [-0.15, -0.1) is 0 Å². The van der Waals surface area contributed by atoms with Gasteiger partial charge in [0.25, 0.3) is 0 Å². The second-order valence-electron chi connectivity index (χ2n) is 3.00. The average molecular weight is 216 g/mol. The van der Waals surface area contributed by atoms with Crippen molar-refractivity contribution >= 4 is 11.0 Å². The Morgan fingerprint density at radius 1 is 1.40 bits per heavy atom. The predicted octanol–water partition coefficient (Wildman–Crippen LogP) is 2.14. The van der Waals surface area contributed by atoms with E-state index in [9.17, 15) is 13.2 Å². The SMILES string of the molecule is Cc1ccc2c(ncn2OC(F)F)c1F. The van der Waals surface area contributed by atoms with Gasteiger partial charge in [0.2, 0.25) is 0 Å². The van der Waals surface area contributed by atoms with Gasteiger partial charge < -0.3 is 4.84 Å². The highest BCUT2D eigenvalue weighted by molar-refractivity contribution is 5.76. The lowest BCUT2D eigenvalue weighted by Gasteiger charge is -2.04. The van der Waals surface area contributed by atoms with Crippen molar-refractivity contribution in [1.82, 2.24) is 9.71 Å². The van der Waals surface area contributed by atoms with Crippen molar-refractivity contribution < 1.29 is 18.0 Å². The van der Waals surface area contributed by atoms with Gasteiger partial charge in [0, 0.05) is 0 Å². The Balaban J connectivity index is 2.57. The van der Waals surface area contributed by atoms with Crippen LogP contribution in [0.1, 0.15) is 5.56 Å². The maximum absolute atomic E-state index is 13.4. The van der Waals surface area contributed by atoms with Crippen molar-refractivity contribution in [3.8, 4) is 0 Å². The number of aryl methyl sites for hydroxylation is 1. The lowest BCUT2D eigenvalue weighted by Crippen LogP contribution is -2.15. The molecule has 0 fully saturated rings. The van der Waals surface area contributed by atoms with E-state index in [2.05, 4.69) is 9.82 Å². The molecule has 0 unspecified atom stereocenters. The largest absolute Gasteiger partial charge is 0.405 e. The lowest BCUT2D eigenvalue weighted by molar-refractivity contribution is -0.129. The van der Waals surface area contributed by atoms with Crippen LogP contribution in [0, 0.1) is 12.7 Å². The molecule has 80 valence electrons. The van der Waals surface area contributed by atoms with E-state index in [1.807, 2.05) is 0 Å². The van der Waals surface area contributed by atoms with E-state index in [1.165, 1.54) is 12.1 Å². The number of rotatable bonds is 2. The molecule has 1 heterocycles. The molecule has 0 aliphatic heterocycles. The summed E-state index contributed by atoms with van der Waals surface area (Å²) < 4.78 is 38.1. The highest BCUT2D eigenvalue weighted by Gasteiger charge is 2.12. The summed E-state index contributed by atoms with van der Waals surface area (Å²) in [5.41, 5.74) is 0.610. The molecule has 3 nitrogen and oxygen atoms in total. The van der Waals surface area contributed by atoms with Gasteiger partial charge in [0.1, 0.15) is 17.4 Å². The van der Waals surface area contributed by atoms with Crippen LogP contribution in [-0.4, -0.2) is 16.3 Å². The van der Waals surface area contributed by atoms with Gasteiger partial charge in [-0.25, -0.2) is 9.37 Å². The molecule has 0 N–H and O–H groups in total. The minimum atomic E-state index is -2.97. The molecular formula is C9H7F3N2O. The number of halogens is 3. The lowest BCUT2D eigenvalue weighted by atomic mass is 10.2. The van der Waals surface area contributed by atoms with Crippen LogP contribution in [0.4, 0.5) is 13.2 Å². The Bertz CT molecular complexity index is 495. The number of imidazole rings is 1. The summed E-state index contributed by atoms with van der Waals surface area (Å²) in [6.07, 6.45) is 1.01. The van der Waals surface area contributed by atoms with Gasteiger partial charge in [-0.05, 0) is 18.6 Å². The Kier molecular flexibility index (Phi) is 2.26. The van der Waals surface area contributed by atoms with Crippen LogP contribution < -0.4 is 4.84 Å². The van der Waals surface area contributed by atoms with Gasteiger partial charge in [0.05, 0.1) is 0 Å². The van der Waals surface area contributed by atoms with Crippen molar-refractivity contribution in [2.24, 2.45) is 0 Å². The maximum atomic E-state index is 13.4. The van der Waals surface area contributed by atoms with Crippen molar-refractivity contribution in [2.45, 2.75) is 13.5 Å². The Morgan fingerprint density at radius 2 is 2.13 bits per heavy atom. The molecule has 6 heteroatoms. The summed E-state index contributed by atoms with van der Waals surface area (Å²) in [5, 5.41) is 0. The minimum Gasteiger partial charge on any atom is -0.342 e.